The van der Waals surface area contributed by atoms with E-state index in [0.717, 1.165) is 11.3 Å². The number of rotatable bonds is 5. The van der Waals surface area contributed by atoms with E-state index in [4.69, 9.17) is 5.11 Å². The fourth-order valence-corrected chi connectivity index (χ4v) is 2.29. The number of aromatic hydroxyl groups is 1. The van der Waals surface area contributed by atoms with E-state index in [2.05, 4.69) is 4.98 Å². The van der Waals surface area contributed by atoms with Crippen LogP contribution in [0.25, 0.3) is 11.3 Å². The fourth-order valence-electron chi connectivity index (χ4n) is 2.29. The van der Waals surface area contributed by atoms with Crippen LogP contribution in [-0.2, 0) is 0 Å². The van der Waals surface area contributed by atoms with E-state index in [9.17, 15) is 40.5 Å². The zero-order chi connectivity index (χ0) is 23.1. The number of non-ortho nitro benzene ring substituents is 2. The van der Waals surface area contributed by atoms with E-state index >= 15 is 0 Å². The van der Waals surface area contributed by atoms with Gasteiger partial charge >= 0.3 is 11.4 Å². The number of hydrogen-bond donors (Lipinski definition) is 1. The van der Waals surface area contributed by atoms with E-state index in [-0.39, 0.29) is 5.69 Å². The van der Waals surface area contributed by atoms with Gasteiger partial charge in [0.25, 0.3) is 17.1 Å². The highest BCUT2D eigenvalue weighted by Crippen LogP contribution is 2.38. The summed E-state index contributed by atoms with van der Waals surface area (Å²) in [6.45, 7) is 0. The highest BCUT2D eigenvalue weighted by atomic mass is 16.6. The SMILES string of the molecule is O=[N+]([O-])c1cc([N+](=O)[O-])c(O)c([N+](=O)[O-])c1.O=[N+]([O-])c1cccc(-c2ccccn2)c1. The summed E-state index contributed by atoms with van der Waals surface area (Å²) in [7, 11) is 0. The van der Waals surface area contributed by atoms with E-state index in [1.165, 1.54) is 12.1 Å². The Bertz CT molecular complexity index is 1130. The number of aromatic nitrogens is 1. The fraction of sp³-hybridized carbons (Fsp3) is 0. The van der Waals surface area contributed by atoms with Gasteiger partial charge in [-0.05, 0) is 12.1 Å². The molecule has 0 fully saturated rings. The standard InChI is InChI=1S/C11H8N2O2.C6H3N3O7/c14-13(15)10-5-3-4-9(8-10)11-6-1-2-7-12-11;10-6-4(8(13)14)1-3(7(11)12)2-5(6)9(15)16/h1-8H;1-2,10H. The molecule has 0 spiro atoms. The van der Waals surface area contributed by atoms with Crippen molar-refractivity contribution in [3.05, 3.63) is 101 Å². The van der Waals surface area contributed by atoms with Crippen LogP contribution in [0.3, 0.4) is 0 Å². The monoisotopic (exact) mass is 429 g/mol. The van der Waals surface area contributed by atoms with Gasteiger partial charge < -0.3 is 5.11 Å². The highest BCUT2D eigenvalue weighted by molar-refractivity contribution is 5.64. The summed E-state index contributed by atoms with van der Waals surface area (Å²) in [6.07, 6.45) is 1.66. The molecule has 0 saturated carbocycles. The number of hydrogen-bond acceptors (Lipinski definition) is 10. The number of phenolic OH excluding ortho intramolecular Hbond substituents is 1. The van der Waals surface area contributed by atoms with Gasteiger partial charge in [-0.1, -0.05) is 18.2 Å². The molecule has 158 valence electrons. The Morgan fingerprint density at radius 3 is 1.71 bits per heavy atom. The van der Waals surface area contributed by atoms with Crippen LogP contribution >= 0.6 is 0 Å². The molecule has 0 unspecified atom stereocenters. The lowest BCUT2D eigenvalue weighted by atomic mass is 10.1. The van der Waals surface area contributed by atoms with E-state index in [1.807, 2.05) is 12.1 Å². The van der Waals surface area contributed by atoms with Crippen molar-refractivity contribution in [2.75, 3.05) is 0 Å². The zero-order valence-electron chi connectivity index (χ0n) is 15.2. The first-order valence-corrected chi connectivity index (χ1v) is 8.08. The molecule has 0 aliphatic rings. The Kier molecular flexibility index (Phi) is 6.80. The minimum absolute atomic E-state index is 0.0816. The smallest absolute Gasteiger partial charge is 0.324 e. The normalized spacial score (nSPS) is 9.81. The summed E-state index contributed by atoms with van der Waals surface area (Å²) < 4.78 is 0. The molecule has 14 heteroatoms. The molecule has 0 bridgehead atoms. The highest BCUT2D eigenvalue weighted by Gasteiger charge is 2.30. The van der Waals surface area contributed by atoms with Gasteiger partial charge in [0.2, 0.25) is 0 Å². The molecular formula is C17H11N5O9. The maximum atomic E-state index is 10.6. The van der Waals surface area contributed by atoms with Gasteiger partial charge in [0.05, 0.1) is 37.5 Å². The largest absolute Gasteiger partial charge is 0.497 e. The maximum absolute atomic E-state index is 10.6. The average Bonchev–Trinajstić information content (AvgIpc) is 2.74. The summed E-state index contributed by atoms with van der Waals surface area (Å²) >= 11 is 0. The Morgan fingerprint density at radius 2 is 1.26 bits per heavy atom. The summed E-state index contributed by atoms with van der Waals surface area (Å²) in [4.78, 5) is 42.1. The summed E-state index contributed by atoms with van der Waals surface area (Å²) in [5, 5.41) is 50.8. The molecule has 0 saturated heterocycles. The molecule has 1 heterocycles. The van der Waals surface area contributed by atoms with Gasteiger partial charge in [0, 0.05) is 23.9 Å². The average molecular weight is 429 g/mol. The lowest BCUT2D eigenvalue weighted by molar-refractivity contribution is -0.404. The number of pyridine rings is 1. The van der Waals surface area contributed by atoms with Crippen molar-refractivity contribution in [1.82, 2.24) is 4.98 Å². The number of phenols is 1. The van der Waals surface area contributed by atoms with Gasteiger partial charge in [-0.3, -0.25) is 45.4 Å². The van der Waals surface area contributed by atoms with Gasteiger partial charge in [-0.15, -0.1) is 0 Å². The van der Waals surface area contributed by atoms with Gasteiger partial charge in [0.1, 0.15) is 0 Å². The molecule has 31 heavy (non-hydrogen) atoms. The summed E-state index contributed by atoms with van der Waals surface area (Å²) in [5.74, 6) is -1.21. The van der Waals surface area contributed by atoms with Crippen molar-refractivity contribution in [2.24, 2.45) is 0 Å². The first-order valence-electron chi connectivity index (χ1n) is 8.08. The molecule has 0 aliphatic heterocycles. The zero-order valence-corrected chi connectivity index (χ0v) is 15.2. The third-order valence-corrected chi connectivity index (χ3v) is 3.68. The van der Waals surface area contributed by atoms with Crippen LogP contribution in [0.2, 0.25) is 0 Å². The van der Waals surface area contributed by atoms with Gasteiger partial charge in [0.15, 0.2) is 0 Å². The predicted molar refractivity (Wildman–Crippen MR) is 104 cm³/mol. The van der Waals surface area contributed by atoms with Crippen LogP contribution < -0.4 is 0 Å². The molecule has 0 amide bonds. The summed E-state index contributed by atoms with van der Waals surface area (Å²) in [6, 6.07) is 12.8. The number of nitrogens with zero attached hydrogens (tertiary/aromatic N) is 5. The van der Waals surface area contributed by atoms with Crippen molar-refractivity contribution in [1.29, 1.82) is 0 Å². The molecular weight excluding hydrogens is 418 g/mol. The predicted octanol–water partition coefficient (Wildman–Crippen LogP) is 3.77. The number of nitro benzene ring substituents is 4. The lowest BCUT2D eigenvalue weighted by Crippen LogP contribution is -1.97. The van der Waals surface area contributed by atoms with E-state index < -0.39 is 42.5 Å². The molecule has 14 nitrogen and oxygen atoms in total. The molecule has 3 rings (SSSR count). The maximum Gasteiger partial charge on any atom is 0.324 e. The molecule has 1 N–H and O–H groups in total. The van der Waals surface area contributed by atoms with Crippen LogP contribution in [0.4, 0.5) is 22.7 Å². The third kappa shape index (κ3) is 5.50. The quantitative estimate of drug-likeness (QED) is 0.458. The van der Waals surface area contributed by atoms with E-state index in [0.29, 0.717) is 12.1 Å². The van der Waals surface area contributed by atoms with Gasteiger partial charge in [-0.2, -0.15) is 0 Å². The third-order valence-electron chi connectivity index (χ3n) is 3.68. The van der Waals surface area contributed by atoms with Crippen molar-refractivity contribution in [3.63, 3.8) is 0 Å². The Morgan fingerprint density at radius 1 is 0.677 bits per heavy atom. The van der Waals surface area contributed by atoms with Crippen LogP contribution in [0, 0.1) is 40.5 Å². The second-order valence-electron chi connectivity index (χ2n) is 5.63. The Hall–Kier alpha value is -5.01. The van der Waals surface area contributed by atoms with Crippen molar-refractivity contribution < 1.29 is 24.8 Å². The molecule has 0 radical (unpaired) electrons. The first kappa shape index (κ1) is 22.3. The molecule has 2 aromatic carbocycles. The van der Waals surface area contributed by atoms with Crippen molar-refractivity contribution >= 4 is 22.7 Å². The van der Waals surface area contributed by atoms with Crippen LogP contribution in [-0.4, -0.2) is 29.8 Å². The second-order valence-corrected chi connectivity index (χ2v) is 5.63. The molecule has 1 aromatic heterocycles. The Balaban J connectivity index is 0.000000220. The first-order chi connectivity index (χ1) is 14.6. The molecule has 3 aromatic rings. The number of benzene rings is 2. The van der Waals surface area contributed by atoms with Crippen LogP contribution in [0.15, 0.2) is 60.8 Å². The van der Waals surface area contributed by atoms with Gasteiger partial charge in [-0.25, -0.2) is 0 Å². The topological polar surface area (TPSA) is 206 Å². The Labute approximate surface area is 171 Å². The molecule has 0 atom stereocenters. The summed E-state index contributed by atoms with van der Waals surface area (Å²) in [5.41, 5.74) is -1.43. The minimum Gasteiger partial charge on any atom is -0.497 e. The number of nitro groups is 4. The lowest BCUT2D eigenvalue weighted by Gasteiger charge is -1.99. The van der Waals surface area contributed by atoms with Crippen molar-refractivity contribution in [2.45, 2.75) is 0 Å². The van der Waals surface area contributed by atoms with Crippen molar-refractivity contribution in [3.8, 4) is 17.0 Å². The van der Waals surface area contributed by atoms with Crippen LogP contribution in [0.1, 0.15) is 0 Å². The minimum atomic E-state index is -1.21. The van der Waals surface area contributed by atoms with Crippen LogP contribution in [0.5, 0.6) is 5.75 Å². The molecule has 0 aliphatic carbocycles. The second kappa shape index (κ2) is 9.46. The van der Waals surface area contributed by atoms with E-state index in [1.54, 1.807) is 24.4 Å².